The summed E-state index contributed by atoms with van der Waals surface area (Å²) in [6, 6.07) is 0. The Hall–Kier alpha value is 0.842. The van der Waals surface area contributed by atoms with Gasteiger partial charge in [-0.15, -0.1) is 0 Å². The van der Waals surface area contributed by atoms with Gasteiger partial charge in [0, 0.05) is 0 Å². The van der Waals surface area contributed by atoms with Crippen LogP contribution in [0.15, 0.2) is 0 Å². The van der Waals surface area contributed by atoms with Crippen molar-refractivity contribution >= 4 is 26.2 Å². The second kappa shape index (κ2) is 3.88. The fourth-order valence-corrected chi connectivity index (χ4v) is 1.95. The molecule has 0 aromatic heterocycles. The molecule has 2 nitrogen and oxygen atoms in total. The second-order valence-electron chi connectivity index (χ2n) is 2.48. The molecule has 0 aromatic rings. The minimum atomic E-state index is 0.407. The third-order valence-corrected chi connectivity index (χ3v) is 2.35. The van der Waals surface area contributed by atoms with Gasteiger partial charge in [0.05, 0.1) is 0 Å². The van der Waals surface area contributed by atoms with Crippen molar-refractivity contribution in [2.45, 2.75) is 32.0 Å². The van der Waals surface area contributed by atoms with Crippen LogP contribution < -0.4 is 0 Å². The summed E-state index contributed by atoms with van der Waals surface area (Å²) in [6.45, 7) is 2.95. The van der Waals surface area contributed by atoms with Crippen molar-refractivity contribution in [3.05, 3.63) is 0 Å². The molecule has 1 aliphatic rings. The van der Waals surface area contributed by atoms with Gasteiger partial charge in [0.2, 0.25) is 0 Å². The first-order chi connectivity index (χ1) is 4.33. The van der Waals surface area contributed by atoms with E-state index in [0.717, 1.165) is 6.61 Å². The number of hydrogen-bond acceptors (Lipinski definition) is 2. The molecule has 0 saturated carbocycles. The first kappa shape index (κ1) is 7.94. The van der Waals surface area contributed by atoms with Crippen LogP contribution in [0.1, 0.15) is 19.8 Å². The van der Waals surface area contributed by atoms with Crippen molar-refractivity contribution in [1.82, 2.24) is 0 Å². The average molecular weight is 320 g/mol. The average Bonchev–Trinajstić information content (AvgIpc) is 2.17. The summed E-state index contributed by atoms with van der Waals surface area (Å²) in [4.78, 5) is 0. The molecule has 1 fully saturated rings. The maximum absolute atomic E-state index is 5.50. The Bertz CT molecular complexity index is 85.1. The Morgan fingerprint density at radius 1 is 1.67 bits per heavy atom. The zero-order valence-electron chi connectivity index (χ0n) is 5.67. The summed E-state index contributed by atoms with van der Waals surface area (Å²) in [5, 5.41) is 0. The van der Waals surface area contributed by atoms with Crippen molar-refractivity contribution in [3.63, 3.8) is 0 Å². The van der Waals surface area contributed by atoms with Gasteiger partial charge < -0.3 is 0 Å². The fraction of sp³-hybridized carbons (Fsp3) is 1.00. The topological polar surface area (TPSA) is 18.5 Å². The Balaban J connectivity index is 2.14. The molecule has 9 heavy (non-hydrogen) atoms. The number of ether oxygens (including phenoxy) is 1. The quantitative estimate of drug-likeness (QED) is 0.696. The third kappa shape index (κ3) is 2.51. The monoisotopic (exact) mass is 320 g/mol. The van der Waals surface area contributed by atoms with Crippen LogP contribution in [-0.4, -0.2) is 45.0 Å². The molecule has 1 aliphatic heterocycles. The Kier molecular flexibility index (Phi) is 3.42. The SMILES string of the molecule is CC1CC[C@H](C[O][Tl])O1. The number of hydrogen-bond donors (Lipinski definition) is 0. The number of rotatable bonds is 2. The van der Waals surface area contributed by atoms with Gasteiger partial charge in [0.1, 0.15) is 0 Å². The van der Waals surface area contributed by atoms with Gasteiger partial charge in [-0.3, -0.25) is 0 Å². The van der Waals surface area contributed by atoms with Crippen LogP contribution in [0.25, 0.3) is 0 Å². The summed E-state index contributed by atoms with van der Waals surface area (Å²) in [5.74, 6) is 0. The molecule has 1 unspecified atom stereocenters. The van der Waals surface area contributed by atoms with Crippen LogP contribution in [0.3, 0.4) is 0 Å². The van der Waals surface area contributed by atoms with Gasteiger partial charge >= 0.3 is 72.2 Å². The first-order valence-corrected chi connectivity index (χ1v) is 5.13. The molecule has 3 heteroatoms. The van der Waals surface area contributed by atoms with E-state index in [9.17, 15) is 0 Å². The fourth-order valence-electron chi connectivity index (χ4n) is 1.12. The summed E-state index contributed by atoms with van der Waals surface area (Å²) in [5.41, 5.74) is 0. The van der Waals surface area contributed by atoms with Crippen LogP contribution in [0.5, 0.6) is 0 Å². The standard InChI is InChI=1S/C6H11O2.Tl/c1-5-2-3-6(4-7)8-5;/h5-6H,2-4H2,1H3;/q-1;+1/t5?,6-;/m1./s1. The Morgan fingerprint density at radius 3 is 2.89 bits per heavy atom. The van der Waals surface area contributed by atoms with Gasteiger partial charge in [-0.05, 0) is 0 Å². The van der Waals surface area contributed by atoms with Crippen LogP contribution in [0, 0.1) is 0 Å². The Morgan fingerprint density at radius 2 is 2.44 bits per heavy atom. The molecule has 0 spiro atoms. The molecule has 0 radical (unpaired) electrons. The Labute approximate surface area is 72.3 Å². The predicted octanol–water partition coefficient (Wildman–Crippen LogP) is 0.654. The molecular formula is C6H11O2Tl. The van der Waals surface area contributed by atoms with E-state index in [1.165, 1.54) is 12.8 Å². The van der Waals surface area contributed by atoms with E-state index < -0.39 is 0 Å². The molecule has 0 N–H and O–H groups in total. The van der Waals surface area contributed by atoms with E-state index in [4.69, 9.17) is 7.42 Å². The van der Waals surface area contributed by atoms with Gasteiger partial charge in [-0.1, -0.05) is 0 Å². The van der Waals surface area contributed by atoms with Crippen molar-refractivity contribution in [1.29, 1.82) is 0 Å². The van der Waals surface area contributed by atoms with E-state index in [2.05, 4.69) is 6.92 Å². The molecule has 0 amide bonds. The molecular weight excluding hydrogens is 308 g/mol. The second-order valence-corrected chi connectivity index (χ2v) is 3.78. The van der Waals surface area contributed by atoms with Crippen LogP contribution >= 0.6 is 0 Å². The first-order valence-electron chi connectivity index (χ1n) is 3.30. The summed E-state index contributed by atoms with van der Waals surface area (Å²) < 4.78 is 10.6. The van der Waals surface area contributed by atoms with Crippen molar-refractivity contribution < 1.29 is 7.42 Å². The minimum absolute atomic E-state index is 0.407. The van der Waals surface area contributed by atoms with Crippen LogP contribution in [0.4, 0.5) is 0 Å². The molecule has 0 aromatic carbocycles. The van der Waals surface area contributed by atoms with Gasteiger partial charge in [-0.2, -0.15) is 0 Å². The van der Waals surface area contributed by atoms with E-state index in [1.54, 1.807) is 0 Å². The maximum atomic E-state index is 5.50. The van der Waals surface area contributed by atoms with Crippen LogP contribution in [0.2, 0.25) is 0 Å². The van der Waals surface area contributed by atoms with E-state index in [-0.39, 0.29) is 0 Å². The molecule has 0 aliphatic carbocycles. The van der Waals surface area contributed by atoms with E-state index in [0.29, 0.717) is 38.4 Å². The molecule has 1 rings (SSSR count). The molecule has 2 atom stereocenters. The van der Waals surface area contributed by atoms with Crippen molar-refractivity contribution in [2.75, 3.05) is 6.61 Å². The van der Waals surface area contributed by atoms with Gasteiger partial charge in [0.15, 0.2) is 0 Å². The summed E-state index contributed by atoms with van der Waals surface area (Å²) >= 11 is 0.662. The molecule has 1 saturated heterocycles. The normalized spacial score (nSPS) is 35.1. The van der Waals surface area contributed by atoms with Gasteiger partial charge in [-0.25, -0.2) is 0 Å². The zero-order valence-corrected chi connectivity index (χ0v) is 10.2. The zero-order chi connectivity index (χ0) is 6.69. The van der Waals surface area contributed by atoms with Gasteiger partial charge in [0.25, 0.3) is 0 Å². The van der Waals surface area contributed by atoms with E-state index in [1.807, 2.05) is 0 Å². The predicted molar refractivity (Wildman–Crippen MR) is 35.3 cm³/mol. The van der Waals surface area contributed by atoms with Crippen LogP contribution in [-0.2, 0) is 7.42 Å². The molecule has 50 valence electrons. The third-order valence-electron chi connectivity index (χ3n) is 1.60. The summed E-state index contributed by atoms with van der Waals surface area (Å²) in [7, 11) is 0. The molecule has 0 bridgehead atoms. The molecule has 1 heterocycles. The van der Waals surface area contributed by atoms with E-state index >= 15 is 0 Å². The van der Waals surface area contributed by atoms with Crippen molar-refractivity contribution in [3.8, 4) is 0 Å². The van der Waals surface area contributed by atoms with Crippen molar-refractivity contribution in [2.24, 2.45) is 0 Å². The summed E-state index contributed by atoms with van der Waals surface area (Å²) in [6.07, 6.45) is 3.27.